The predicted octanol–water partition coefficient (Wildman–Crippen LogP) is 3.49. The highest BCUT2D eigenvalue weighted by Crippen LogP contribution is 2.43. The molecule has 1 fully saturated rings. The molecule has 2 rings (SSSR count). The van der Waals surface area contributed by atoms with Crippen molar-refractivity contribution in [1.29, 1.82) is 0 Å². The zero-order valence-electron chi connectivity index (χ0n) is 13.7. The van der Waals surface area contributed by atoms with E-state index in [-0.39, 0.29) is 17.3 Å². The van der Waals surface area contributed by atoms with Gasteiger partial charge in [0.1, 0.15) is 5.78 Å². The lowest BCUT2D eigenvalue weighted by molar-refractivity contribution is -0.142. The Kier molecular flexibility index (Phi) is 4.51. The highest BCUT2D eigenvalue weighted by Gasteiger charge is 2.46. The van der Waals surface area contributed by atoms with Crippen molar-refractivity contribution in [2.24, 2.45) is 10.8 Å². The molecule has 0 aliphatic heterocycles. The van der Waals surface area contributed by atoms with E-state index in [1.165, 1.54) is 12.1 Å². The van der Waals surface area contributed by atoms with E-state index >= 15 is 0 Å². The van der Waals surface area contributed by atoms with Gasteiger partial charge in [0.25, 0.3) is 10.1 Å². The van der Waals surface area contributed by atoms with Gasteiger partial charge in [0.05, 0.1) is 16.9 Å². The lowest BCUT2D eigenvalue weighted by Gasteiger charge is -2.40. The molecule has 22 heavy (non-hydrogen) atoms. The van der Waals surface area contributed by atoms with Gasteiger partial charge in [-0.2, -0.15) is 8.42 Å². The van der Waals surface area contributed by atoms with Gasteiger partial charge in [0.15, 0.2) is 0 Å². The number of rotatable bonds is 4. The van der Waals surface area contributed by atoms with E-state index in [4.69, 9.17) is 4.18 Å². The van der Waals surface area contributed by atoms with E-state index < -0.39 is 20.9 Å². The molecule has 0 radical (unpaired) electrons. The van der Waals surface area contributed by atoms with Crippen LogP contribution >= 0.6 is 0 Å². The van der Waals surface area contributed by atoms with Crippen LogP contribution < -0.4 is 0 Å². The van der Waals surface area contributed by atoms with E-state index in [2.05, 4.69) is 0 Å². The molecule has 4 nitrogen and oxygen atoms in total. The third-order valence-electron chi connectivity index (χ3n) is 4.54. The van der Waals surface area contributed by atoms with Crippen LogP contribution in [0.25, 0.3) is 0 Å². The molecule has 0 unspecified atom stereocenters. The summed E-state index contributed by atoms with van der Waals surface area (Å²) in [6.07, 6.45) is 2.41. The second kappa shape index (κ2) is 5.78. The minimum Gasteiger partial charge on any atom is -0.298 e. The summed E-state index contributed by atoms with van der Waals surface area (Å²) in [6, 6.07) is 6.51. The maximum absolute atomic E-state index is 12.6. The summed E-state index contributed by atoms with van der Waals surface area (Å²) in [7, 11) is -3.83. The Labute approximate surface area is 133 Å². The Balaban J connectivity index is 2.14. The van der Waals surface area contributed by atoms with Crippen LogP contribution in [0.15, 0.2) is 29.2 Å². The first-order valence-electron chi connectivity index (χ1n) is 7.58. The average molecular weight is 324 g/mol. The fraction of sp³-hybridized carbons (Fsp3) is 0.588. The second-order valence-corrected chi connectivity index (χ2v) is 8.77. The summed E-state index contributed by atoms with van der Waals surface area (Å²) >= 11 is 0. The molecule has 0 saturated heterocycles. The number of hydrogen-bond donors (Lipinski definition) is 0. The molecule has 0 N–H and O–H groups in total. The number of ketones is 1. The van der Waals surface area contributed by atoms with Crippen molar-refractivity contribution in [2.45, 2.75) is 51.9 Å². The maximum atomic E-state index is 12.6. The van der Waals surface area contributed by atoms with Gasteiger partial charge >= 0.3 is 0 Å². The van der Waals surface area contributed by atoms with Gasteiger partial charge in [-0.25, -0.2) is 0 Å². The molecule has 1 aliphatic rings. The molecule has 0 amide bonds. The van der Waals surface area contributed by atoms with Crippen LogP contribution in [0.5, 0.6) is 0 Å². The van der Waals surface area contributed by atoms with Crippen LogP contribution in [0.4, 0.5) is 0 Å². The van der Waals surface area contributed by atoms with Crippen LogP contribution in [0.1, 0.15) is 45.6 Å². The van der Waals surface area contributed by atoms with Gasteiger partial charge in [0, 0.05) is 5.41 Å². The van der Waals surface area contributed by atoms with E-state index in [1.54, 1.807) is 19.1 Å². The topological polar surface area (TPSA) is 60.4 Å². The van der Waals surface area contributed by atoms with Gasteiger partial charge < -0.3 is 0 Å². The fourth-order valence-electron chi connectivity index (χ4n) is 3.08. The SMILES string of the molecule is Cc1ccc(S(=O)(=O)OC[C@@]2(C)CCCC(C)(C)C2=O)cc1. The van der Waals surface area contributed by atoms with Crippen LogP contribution in [0.3, 0.4) is 0 Å². The molecule has 5 heteroatoms. The second-order valence-electron chi connectivity index (χ2n) is 7.16. The Hall–Kier alpha value is -1.20. The first-order chi connectivity index (χ1) is 10.1. The Morgan fingerprint density at radius 1 is 1.09 bits per heavy atom. The van der Waals surface area contributed by atoms with Gasteiger partial charge in [0.2, 0.25) is 0 Å². The van der Waals surface area contributed by atoms with Crippen LogP contribution in [-0.2, 0) is 19.1 Å². The number of benzene rings is 1. The number of carbonyl (C=O) groups excluding carboxylic acids is 1. The smallest absolute Gasteiger partial charge is 0.297 e. The Morgan fingerprint density at radius 3 is 2.27 bits per heavy atom. The van der Waals surface area contributed by atoms with Crippen LogP contribution in [-0.4, -0.2) is 20.8 Å². The molecule has 1 aromatic rings. The number of carbonyl (C=O) groups is 1. The molecule has 1 aliphatic carbocycles. The summed E-state index contributed by atoms with van der Waals surface area (Å²) in [5, 5.41) is 0. The number of Topliss-reactive ketones (excluding diaryl/α,β-unsaturated/α-hetero) is 1. The highest BCUT2D eigenvalue weighted by atomic mass is 32.2. The number of aryl methyl sites for hydroxylation is 1. The van der Waals surface area contributed by atoms with Crippen molar-refractivity contribution in [3.8, 4) is 0 Å². The molecule has 0 heterocycles. The lowest BCUT2D eigenvalue weighted by Crippen LogP contribution is -2.45. The molecular formula is C17H24O4S. The van der Waals surface area contributed by atoms with E-state index in [1.807, 2.05) is 20.8 Å². The van der Waals surface area contributed by atoms with Gasteiger partial charge in [-0.05, 0) is 31.9 Å². The van der Waals surface area contributed by atoms with Crippen molar-refractivity contribution in [3.63, 3.8) is 0 Å². The summed E-state index contributed by atoms with van der Waals surface area (Å²) in [6.45, 7) is 7.44. The van der Waals surface area contributed by atoms with Crippen LogP contribution in [0.2, 0.25) is 0 Å². The normalized spacial score (nSPS) is 25.2. The van der Waals surface area contributed by atoms with Crippen molar-refractivity contribution >= 4 is 15.9 Å². The first kappa shape index (κ1) is 17.2. The monoisotopic (exact) mass is 324 g/mol. The quantitative estimate of drug-likeness (QED) is 0.796. The molecule has 1 atom stereocenters. The maximum Gasteiger partial charge on any atom is 0.297 e. The summed E-state index contributed by atoms with van der Waals surface area (Å²) in [5.41, 5.74) is -0.168. The van der Waals surface area contributed by atoms with Crippen molar-refractivity contribution in [2.75, 3.05) is 6.61 Å². The predicted molar refractivity (Wildman–Crippen MR) is 85.1 cm³/mol. The average Bonchev–Trinajstić information content (AvgIpc) is 2.43. The zero-order valence-corrected chi connectivity index (χ0v) is 14.5. The van der Waals surface area contributed by atoms with E-state index in [0.29, 0.717) is 6.42 Å². The van der Waals surface area contributed by atoms with E-state index in [0.717, 1.165) is 18.4 Å². The standard InChI is InChI=1S/C17H24O4S/c1-13-6-8-14(9-7-13)22(19,20)21-12-17(4)11-5-10-16(2,3)15(17)18/h6-9H,5,10-12H2,1-4H3/t17-/m1/s1. The van der Waals surface area contributed by atoms with Gasteiger partial charge in [-0.1, -0.05) is 44.9 Å². The summed E-state index contributed by atoms with van der Waals surface area (Å²) in [5.74, 6) is 0.0883. The molecule has 0 aromatic heterocycles. The molecular weight excluding hydrogens is 300 g/mol. The van der Waals surface area contributed by atoms with E-state index in [9.17, 15) is 13.2 Å². The number of hydrogen-bond acceptors (Lipinski definition) is 4. The minimum absolute atomic E-state index is 0.0883. The van der Waals surface area contributed by atoms with Crippen LogP contribution in [0, 0.1) is 17.8 Å². The fourth-order valence-corrected chi connectivity index (χ4v) is 4.10. The van der Waals surface area contributed by atoms with Gasteiger partial charge in [-0.3, -0.25) is 8.98 Å². The lowest BCUT2D eigenvalue weighted by atomic mass is 9.64. The summed E-state index contributed by atoms with van der Waals surface area (Å²) in [4.78, 5) is 12.7. The Bertz CT molecular complexity index is 658. The molecule has 0 spiro atoms. The molecule has 1 aromatic carbocycles. The van der Waals surface area contributed by atoms with Gasteiger partial charge in [-0.15, -0.1) is 0 Å². The minimum atomic E-state index is -3.83. The highest BCUT2D eigenvalue weighted by molar-refractivity contribution is 7.86. The molecule has 1 saturated carbocycles. The molecule has 0 bridgehead atoms. The third kappa shape index (κ3) is 3.41. The molecule has 122 valence electrons. The van der Waals surface area contributed by atoms with Crippen molar-refractivity contribution in [1.82, 2.24) is 0 Å². The van der Waals surface area contributed by atoms with Crippen molar-refractivity contribution in [3.05, 3.63) is 29.8 Å². The largest absolute Gasteiger partial charge is 0.298 e. The van der Waals surface area contributed by atoms with Crippen molar-refractivity contribution < 1.29 is 17.4 Å². The zero-order chi connectivity index (χ0) is 16.6. The summed E-state index contributed by atoms with van der Waals surface area (Å²) < 4.78 is 29.7. The Morgan fingerprint density at radius 2 is 1.68 bits per heavy atom. The first-order valence-corrected chi connectivity index (χ1v) is 8.99. The third-order valence-corrected chi connectivity index (χ3v) is 5.81.